The summed E-state index contributed by atoms with van der Waals surface area (Å²) in [6.07, 6.45) is 0. The van der Waals surface area contributed by atoms with Gasteiger partial charge in [-0.05, 0) is 23.2 Å². The normalized spacial score (nSPS) is 10.4. The Morgan fingerprint density at radius 3 is 2.48 bits per heavy atom. The Bertz CT molecular complexity index is 563. The van der Waals surface area contributed by atoms with E-state index in [0.717, 1.165) is 11.6 Å². The molecule has 21 heavy (non-hydrogen) atoms. The lowest BCUT2D eigenvalue weighted by molar-refractivity contribution is 0.0888. The van der Waals surface area contributed by atoms with Crippen LogP contribution >= 0.6 is 0 Å². The van der Waals surface area contributed by atoms with Gasteiger partial charge in [0, 0.05) is 6.07 Å². The first-order valence-corrected chi connectivity index (χ1v) is 6.56. The fraction of sp³-hybridized carbons (Fsp3) is 0.200. The zero-order chi connectivity index (χ0) is 15.1. The smallest absolute Gasteiger partial charge is 0.488 e. The number of benzene rings is 2. The Labute approximate surface area is 122 Å². The molecule has 0 atom stereocenters. The van der Waals surface area contributed by atoms with E-state index in [9.17, 15) is 4.39 Å². The van der Waals surface area contributed by atoms with E-state index in [-0.39, 0.29) is 17.8 Å². The van der Waals surface area contributed by atoms with Gasteiger partial charge in [0.15, 0.2) is 0 Å². The Hall–Kier alpha value is -1.89. The molecule has 0 radical (unpaired) electrons. The summed E-state index contributed by atoms with van der Waals surface area (Å²) in [6.45, 7) is 1.08. The van der Waals surface area contributed by atoms with Gasteiger partial charge >= 0.3 is 7.12 Å². The summed E-state index contributed by atoms with van der Waals surface area (Å²) in [5.74, 6) is -0.345. The molecular weight excluding hydrogens is 274 g/mol. The Morgan fingerprint density at radius 2 is 1.76 bits per heavy atom. The Morgan fingerprint density at radius 1 is 1.00 bits per heavy atom. The maximum Gasteiger partial charge on any atom is 0.488 e. The molecule has 0 spiro atoms. The van der Waals surface area contributed by atoms with Crippen molar-refractivity contribution in [3.05, 3.63) is 59.9 Å². The first kappa shape index (κ1) is 15.5. The predicted molar refractivity (Wildman–Crippen MR) is 77.8 cm³/mol. The second-order valence-corrected chi connectivity index (χ2v) is 4.48. The number of ether oxygens (including phenoxy) is 2. The highest BCUT2D eigenvalue weighted by atomic mass is 19.1. The fourth-order valence-electron chi connectivity index (χ4n) is 1.80. The summed E-state index contributed by atoms with van der Waals surface area (Å²) in [7, 11) is -1.72. The van der Waals surface area contributed by atoms with E-state index in [1.165, 1.54) is 12.1 Å². The van der Waals surface area contributed by atoms with Gasteiger partial charge in [-0.3, -0.25) is 0 Å². The van der Waals surface area contributed by atoms with Crippen LogP contribution in [0.2, 0.25) is 0 Å². The maximum atomic E-state index is 13.3. The molecule has 4 nitrogen and oxygen atoms in total. The van der Waals surface area contributed by atoms with Gasteiger partial charge in [-0.25, -0.2) is 4.39 Å². The van der Waals surface area contributed by atoms with Crippen LogP contribution in [0.15, 0.2) is 48.5 Å². The molecular formula is C15H16BFO4. The van der Waals surface area contributed by atoms with Crippen LogP contribution in [0.3, 0.4) is 0 Å². The van der Waals surface area contributed by atoms with Crippen LogP contribution < -0.4 is 10.2 Å². The van der Waals surface area contributed by atoms with Crippen LogP contribution in [-0.2, 0) is 11.3 Å². The molecule has 0 unspecified atom stereocenters. The minimum atomic E-state index is -1.72. The van der Waals surface area contributed by atoms with Crippen molar-refractivity contribution in [2.45, 2.75) is 6.61 Å². The highest BCUT2D eigenvalue weighted by Crippen LogP contribution is 2.11. The molecule has 0 saturated heterocycles. The number of halogens is 1. The number of hydrogen-bond donors (Lipinski definition) is 2. The summed E-state index contributed by atoms with van der Waals surface area (Å²) >= 11 is 0. The quantitative estimate of drug-likeness (QED) is 0.592. The van der Waals surface area contributed by atoms with Gasteiger partial charge < -0.3 is 19.5 Å². The molecule has 2 rings (SSSR count). The first-order chi connectivity index (χ1) is 10.1. The van der Waals surface area contributed by atoms with Crippen molar-refractivity contribution in [1.82, 2.24) is 0 Å². The van der Waals surface area contributed by atoms with E-state index >= 15 is 0 Å². The molecule has 0 saturated carbocycles. The summed E-state index contributed by atoms with van der Waals surface area (Å²) in [6, 6.07) is 13.3. The van der Waals surface area contributed by atoms with E-state index < -0.39 is 12.9 Å². The summed E-state index contributed by atoms with van der Waals surface area (Å²) in [4.78, 5) is 0. The van der Waals surface area contributed by atoms with Crippen molar-refractivity contribution in [2.75, 3.05) is 13.2 Å². The van der Waals surface area contributed by atoms with Crippen LogP contribution in [0.1, 0.15) is 5.56 Å². The second kappa shape index (κ2) is 7.78. The zero-order valence-corrected chi connectivity index (χ0v) is 11.4. The second-order valence-electron chi connectivity index (χ2n) is 4.48. The van der Waals surface area contributed by atoms with E-state index in [1.54, 1.807) is 0 Å². The molecule has 2 aromatic rings. The van der Waals surface area contributed by atoms with E-state index in [0.29, 0.717) is 13.2 Å². The molecule has 0 aromatic heterocycles. The van der Waals surface area contributed by atoms with E-state index in [1.807, 2.05) is 30.3 Å². The lowest BCUT2D eigenvalue weighted by Gasteiger charge is -2.09. The summed E-state index contributed by atoms with van der Waals surface area (Å²) in [5.41, 5.74) is 1.11. The maximum absolute atomic E-state index is 13.3. The standard InChI is InChI=1S/C15H16BFO4/c17-14-8-13(16(18)19)9-15(10-14)21-7-6-20-11-12-4-2-1-3-5-12/h1-5,8-10,18-19H,6-7,11H2. The van der Waals surface area contributed by atoms with Crippen LogP contribution in [0.4, 0.5) is 4.39 Å². The molecule has 0 aliphatic carbocycles. The molecule has 110 valence electrons. The molecule has 0 heterocycles. The fourth-order valence-corrected chi connectivity index (χ4v) is 1.80. The van der Waals surface area contributed by atoms with Crippen molar-refractivity contribution < 1.29 is 23.9 Å². The van der Waals surface area contributed by atoms with Gasteiger partial charge in [0.2, 0.25) is 0 Å². The summed E-state index contributed by atoms with van der Waals surface area (Å²) in [5, 5.41) is 18.0. The molecule has 0 fully saturated rings. The van der Waals surface area contributed by atoms with Crippen molar-refractivity contribution in [3.8, 4) is 5.75 Å². The monoisotopic (exact) mass is 290 g/mol. The topological polar surface area (TPSA) is 58.9 Å². The third kappa shape index (κ3) is 5.19. The number of hydrogen-bond acceptors (Lipinski definition) is 4. The van der Waals surface area contributed by atoms with Gasteiger partial charge in [0.1, 0.15) is 18.2 Å². The highest BCUT2D eigenvalue weighted by molar-refractivity contribution is 6.58. The zero-order valence-electron chi connectivity index (χ0n) is 11.4. The van der Waals surface area contributed by atoms with Crippen molar-refractivity contribution in [3.63, 3.8) is 0 Å². The van der Waals surface area contributed by atoms with Gasteiger partial charge in [-0.15, -0.1) is 0 Å². The van der Waals surface area contributed by atoms with Crippen LogP contribution in [0.5, 0.6) is 5.75 Å². The van der Waals surface area contributed by atoms with Gasteiger partial charge in [-0.2, -0.15) is 0 Å². The van der Waals surface area contributed by atoms with Gasteiger partial charge in [0.25, 0.3) is 0 Å². The van der Waals surface area contributed by atoms with E-state index in [4.69, 9.17) is 19.5 Å². The lowest BCUT2D eigenvalue weighted by atomic mass is 9.80. The van der Waals surface area contributed by atoms with Crippen LogP contribution in [0, 0.1) is 5.82 Å². The summed E-state index contributed by atoms with van der Waals surface area (Å²) < 4.78 is 24.0. The number of rotatable bonds is 7. The average Bonchev–Trinajstić information content (AvgIpc) is 2.47. The molecule has 2 aromatic carbocycles. The van der Waals surface area contributed by atoms with Crippen molar-refractivity contribution in [1.29, 1.82) is 0 Å². The Kier molecular flexibility index (Phi) is 5.74. The highest BCUT2D eigenvalue weighted by Gasteiger charge is 2.13. The predicted octanol–water partition coefficient (Wildman–Crippen LogP) is 1.10. The molecule has 0 amide bonds. The van der Waals surface area contributed by atoms with Gasteiger partial charge in [0.05, 0.1) is 13.2 Å². The van der Waals surface area contributed by atoms with Crippen molar-refractivity contribution >= 4 is 12.6 Å². The van der Waals surface area contributed by atoms with Crippen LogP contribution in [-0.4, -0.2) is 30.4 Å². The Balaban J connectivity index is 1.76. The minimum absolute atomic E-state index is 0.0511. The SMILES string of the molecule is OB(O)c1cc(F)cc(OCCOCc2ccccc2)c1. The molecule has 0 bridgehead atoms. The molecule has 2 N–H and O–H groups in total. The van der Waals surface area contributed by atoms with Crippen molar-refractivity contribution in [2.24, 2.45) is 0 Å². The molecule has 0 aliphatic rings. The third-order valence-corrected chi connectivity index (χ3v) is 2.80. The average molecular weight is 290 g/mol. The van der Waals surface area contributed by atoms with Crippen LogP contribution in [0.25, 0.3) is 0 Å². The first-order valence-electron chi connectivity index (χ1n) is 6.56. The largest absolute Gasteiger partial charge is 0.491 e. The third-order valence-electron chi connectivity index (χ3n) is 2.80. The lowest BCUT2D eigenvalue weighted by Crippen LogP contribution is -2.30. The van der Waals surface area contributed by atoms with Gasteiger partial charge in [-0.1, -0.05) is 30.3 Å². The minimum Gasteiger partial charge on any atom is -0.491 e. The molecule has 0 aliphatic heterocycles. The molecule has 6 heteroatoms. The van der Waals surface area contributed by atoms with E-state index in [2.05, 4.69) is 0 Å².